The Morgan fingerprint density at radius 2 is 1.79 bits per heavy atom. The molecule has 0 saturated carbocycles. The van der Waals surface area contributed by atoms with Crippen molar-refractivity contribution in [2.24, 2.45) is 5.10 Å². The molecule has 0 spiro atoms. The molecule has 0 fully saturated rings. The SMILES string of the molecule is O=C(NN=Cc1ccc(OS(=O)(=O)c2ccc(Cl)s2)c2ccccc12)c1ccc(O)c(Cl)c1. The highest BCUT2D eigenvalue weighted by Gasteiger charge is 2.20. The van der Waals surface area contributed by atoms with Crippen molar-refractivity contribution in [1.29, 1.82) is 0 Å². The molecule has 0 bridgehead atoms. The van der Waals surface area contributed by atoms with Gasteiger partial charge < -0.3 is 9.29 Å². The summed E-state index contributed by atoms with van der Waals surface area (Å²) in [5.74, 6) is -0.497. The third-order valence-electron chi connectivity index (χ3n) is 4.49. The number of nitrogens with one attached hydrogen (secondary N) is 1. The van der Waals surface area contributed by atoms with Crippen molar-refractivity contribution >= 4 is 67.6 Å². The molecule has 0 unspecified atom stereocenters. The molecule has 0 atom stereocenters. The number of phenolic OH excluding ortho intramolecular Hbond substituents is 1. The maximum atomic E-state index is 12.6. The van der Waals surface area contributed by atoms with E-state index in [4.69, 9.17) is 27.4 Å². The van der Waals surface area contributed by atoms with Crippen LogP contribution >= 0.6 is 34.5 Å². The molecule has 4 rings (SSSR count). The topological polar surface area (TPSA) is 105 Å². The van der Waals surface area contributed by atoms with Crippen LogP contribution in [0.5, 0.6) is 11.5 Å². The summed E-state index contributed by atoms with van der Waals surface area (Å²) in [4.78, 5) is 12.2. The van der Waals surface area contributed by atoms with E-state index in [-0.39, 0.29) is 26.3 Å². The molecule has 11 heteroatoms. The number of halogens is 2. The third kappa shape index (κ3) is 5.12. The molecule has 4 aromatic rings. The van der Waals surface area contributed by atoms with Gasteiger partial charge in [0.15, 0.2) is 9.96 Å². The van der Waals surface area contributed by atoms with Gasteiger partial charge >= 0.3 is 10.1 Å². The van der Waals surface area contributed by atoms with Crippen LogP contribution in [0.25, 0.3) is 10.8 Å². The number of rotatable bonds is 6. The zero-order chi connectivity index (χ0) is 23.6. The molecule has 33 heavy (non-hydrogen) atoms. The average molecular weight is 521 g/mol. The molecule has 7 nitrogen and oxygen atoms in total. The first-order valence-electron chi connectivity index (χ1n) is 9.28. The second-order valence-corrected chi connectivity index (χ2v) is 10.6. The first kappa shape index (κ1) is 23.1. The summed E-state index contributed by atoms with van der Waals surface area (Å²) in [5, 5.41) is 14.7. The van der Waals surface area contributed by atoms with E-state index in [0.717, 1.165) is 11.3 Å². The number of fused-ring (bicyclic) bond motifs is 1. The number of carbonyl (C=O) groups is 1. The first-order valence-corrected chi connectivity index (χ1v) is 12.3. The van der Waals surface area contributed by atoms with E-state index in [2.05, 4.69) is 10.5 Å². The quantitative estimate of drug-likeness (QED) is 0.200. The lowest BCUT2D eigenvalue weighted by Crippen LogP contribution is -2.17. The second kappa shape index (κ2) is 9.40. The van der Waals surface area contributed by atoms with Gasteiger partial charge in [0.1, 0.15) is 5.75 Å². The molecular weight excluding hydrogens is 507 g/mol. The Morgan fingerprint density at radius 1 is 1.03 bits per heavy atom. The van der Waals surface area contributed by atoms with Crippen LogP contribution in [-0.2, 0) is 10.1 Å². The van der Waals surface area contributed by atoms with Gasteiger partial charge in [-0.25, -0.2) is 5.43 Å². The van der Waals surface area contributed by atoms with Crippen molar-refractivity contribution < 1.29 is 22.5 Å². The highest BCUT2D eigenvalue weighted by Crippen LogP contribution is 2.33. The lowest BCUT2D eigenvalue weighted by atomic mass is 10.0. The lowest BCUT2D eigenvalue weighted by molar-refractivity contribution is 0.0955. The highest BCUT2D eigenvalue weighted by atomic mass is 35.5. The van der Waals surface area contributed by atoms with Crippen LogP contribution < -0.4 is 9.61 Å². The third-order valence-corrected chi connectivity index (χ3v) is 7.71. The van der Waals surface area contributed by atoms with Gasteiger partial charge in [0, 0.05) is 16.5 Å². The molecule has 1 heterocycles. The predicted molar refractivity (Wildman–Crippen MR) is 129 cm³/mol. The fraction of sp³-hybridized carbons (Fsp3) is 0. The van der Waals surface area contributed by atoms with E-state index in [9.17, 15) is 18.3 Å². The van der Waals surface area contributed by atoms with E-state index >= 15 is 0 Å². The van der Waals surface area contributed by atoms with Gasteiger partial charge in [0.05, 0.1) is 15.6 Å². The number of phenols is 1. The maximum absolute atomic E-state index is 12.6. The fourth-order valence-electron chi connectivity index (χ4n) is 2.94. The van der Waals surface area contributed by atoms with Gasteiger partial charge in [0.2, 0.25) is 0 Å². The Labute approximate surface area is 203 Å². The Hall–Kier alpha value is -3.11. The first-order chi connectivity index (χ1) is 15.7. The van der Waals surface area contributed by atoms with Gasteiger partial charge in [-0.05, 0) is 47.9 Å². The summed E-state index contributed by atoms with van der Waals surface area (Å²) >= 11 is 12.6. The van der Waals surface area contributed by atoms with E-state index in [0.29, 0.717) is 20.7 Å². The van der Waals surface area contributed by atoms with Crippen LogP contribution in [0.15, 0.2) is 76.0 Å². The molecule has 0 saturated heterocycles. The van der Waals surface area contributed by atoms with Crippen molar-refractivity contribution in [2.45, 2.75) is 4.21 Å². The van der Waals surface area contributed by atoms with Crippen molar-refractivity contribution in [1.82, 2.24) is 5.43 Å². The molecule has 0 aliphatic rings. The zero-order valence-corrected chi connectivity index (χ0v) is 19.7. The Bertz CT molecular complexity index is 1500. The molecule has 0 radical (unpaired) electrons. The predicted octanol–water partition coefficient (Wildman–Crippen LogP) is 5.45. The van der Waals surface area contributed by atoms with Crippen molar-refractivity contribution in [2.75, 3.05) is 0 Å². The fourth-order valence-corrected chi connectivity index (χ4v) is 5.52. The minimum absolute atomic E-state index is 0.000679. The Morgan fingerprint density at radius 3 is 2.48 bits per heavy atom. The summed E-state index contributed by atoms with van der Waals surface area (Å²) in [6.07, 6.45) is 1.43. The van der Waals surface area contributed by atoms with Crippen molar-refractivity contribution in [3.8, 4) is 11.5 Å². The molecule has 3 aromatic carbocycles. The van der Waals surface area contributed by atoms with Gasteiger partial charge in [-0.2, -0.15) is 13.5 Å². The number of nitrogens with zero attached hydrogens (tertiary/aromatic N) is 1. The van der Waals surface area contributed by atoms with Crippen LogP contribution in [0.1, 0.15) is 15.9 Å². The summed E-state index contributed by atoms with van der Waals surface area (Å²) < 4.78 is 30.9. The Kier molecular flexibility index (Phi) is 6.57. The Balaban J connectivity index is 1.58. The van der Waals surface area contributed by atoms with Crippen LogP contribution in [0.4, 0.5) is 0 Å². The van der Waals surface area contributed by atoms with Crippen LogP contribution in [0, 0.1) is 0 Å². The number of benzene rings is 3. The smallest absolute Gasteiger partial charge is 0.348 e. The summed E-state index contributed by atoms with van der Waals surface area (Å²) in [6, 6.07) is 17.1. The minimum Gasteiger partial charge on any atom is -0.506 e. The lowest BCUT2D eigenvalue weighted by Gasteiger charge is -2.10. The molecule has 1 amide bonds. The summed E-state index contributed by atoms with van der Waals surface area (Å²) in [6.45, 7) is 0. The maximum Gasteiger partial charge on any atom is 0.348 e. The summed E-state index contributed by atoms with van der Waals surface area (Å²) in [5.41, 5.74) is 3.24. The number of hydrogen-bond acceptors (Lipinski definition) is 7. The van der Waals surface area contributed by atoms with Crippen LogP contribution in [0.2, 0.25) is 9.36 Å². The monoisotopic (exact) mass is 520 g/mol. The number of carbonyl (C=O) groups excluding carboxylic acids is 1. The molecular formula is C22H14Cl2N2O5S2. The standard InChI is InChI=1S/C22H14Cl2N2O5S2/c23-17-11-13(5-7-18(17)27)22(28)26-25-12-14-6-8-19(16-4-2-1-3-15(14)16)31-33(29,30)21-10-9-20(24)32-21/h1-12,27H,(H,26,28). The zero-order valence-electron chi connectivity index (χ0n) is 16.5. The van der Waals surface area contributed by atoms with Crippen LogP contribution in [0.3, 0.4) is 0 Å². The number of hydrogen-bond donors (Lipinski definition) is 2. The van der Waals surface area contributed by atoms with Gasteiger partial charge in [0.25, 0.3) is 5.91 Å². The second-order valence-electron chi connectivity index (χ2n) is 6.66. The van der Waals surface area contributed by atoms with Crippen LogP contribution in [-0.4, -0.2) is 25.6 Å². The number of hydrazone groups is 1. The molecule has 1 aromatic heterocycles. The summed E-state index contributed by atoms with van der Waals surface area (Å²) in [7, 11) is -4.05. The number of amides is 1. The molecule has 0 aliphatic carbocycles. The number of thiophene rings is 1. The number of aromatic hydroxyl groups is 1. The van der Waals surface area contributed by atoms with E-state index in [1.807, 2.05) is 0 Å². The largest absolute Gasteiger partial charge is 0.506 e. The van der Waals surface area contributed by atoms with Gasteiger partial charge in [-0.1, -0.05) is 47.5 Å². The minimum atomic E-state index is -4.05. The molecule has 2 N–H and O–H groups in total. The molecule has 168 valence electrons. The van der Waals surface area contributed by atoms with E-state index in [1.54, 1.807) is 30.3 Å². The van der Waals surface area contributed by atoms with Gasteiger partial charge in [-0.3, -0.25) is 4.79 Å². The van der Waals surface area contributed by atoms with E-state index in [1.165, 1.54) is 42.6 Å². The van der Waals surface area contributed by atoms with Crippen molar-refractivity contribution in [3.63, 3.8) is 0 Å². The normalized spacial score (nSPS) is 11.7. The average Bonchev–Trinajstić information content (AvgIpc) is 3.24. The van der Waals surface area contributed by atoms with E-state index < -0.39 is 16.0 Å². The molecule has 0 aliphatic heterocycles. The highest BCUT2D eigenvalue weighted by molar-refractivity contribution is 7.89. The van der Waals surface area contributed by atoms with Crippen molar-refractivity contribution in [3.05, 3.63) is 87.2 Å². The van der Waals surface area contributed by atoms with Gasteiger partial charge in [-0.15, -0.1) is 11.3 Å².